The predicted molar refractivity (Wildman–Crippen MR) is 68.6 cm³/mol. The number of nitriles is 1. The molecule has 1 aliphatic rings. The van der Waals surface area contributed by atoms with E-state index in [-0.39, 0.29) is 11.8 Å². The molecule has 0 amide bonds. The Hall–Kier alpha value is -1.67. The van der Waals surface area contributed by atoms with Gasteiger partial charge >= 0.3 is 0 Å². The van der Waals surface area contributed by atoms with E-state index in [1.54, 1.807) is 0 Å². The maximum atomic E-state index is 8.78. The number of hydrogen-bond donors (Lipinski definition) is 0. The molecule has 2 unspecified atom stereocenters. The zero-order chi connectivity index (χ0) is 12.7. The Bertz CT molecular complexity index is 644. The van der Waals surface area contributed by atoms with Gasteiger partial charge in [0.15, 0.2) is 0 Å². The molecule has 0 aliphatic heterocycles. The standard InChI is InChI=1S/C13H10BrN3O/c1-7-2-3-8(5-11(7)14)12-16-13(18-17-12)10-4-9(10)6-15/h2-3,5,9-10H,4H2,1H3. The van der Waals surface area contributed by atoms with Crippen LogP contribution in [-0.2, 0) is 0 Å². The van der Waals surface area contributed by atoms with Crippen LogP contribution in [0, 0.1) is 24.2 Å². The minimum atomic E-state index is 0.0445. The molecule has 5 heteroatoms. The largest absolute Gasteiger partial charge is 0.339 e. The fourth-order valence-corrected chi connectivity index (χ4v) is 2.22. The molecule has 1 aromatic heterocycles. The van der Waals surface area contributed by atoms with Gasteiger partial charge in [0.2, 0.25) is 11.7 Å². The Morgan fingerprint density at radius 3 is 3.00 bits per heavy atom. The first-order chi connectivity index (χ1) is 8.69. The molecule has 4 nitrogen and oxygen atoms in total. The van der Waals surface area contributed by atoms with Crippen LogP contribution in [0.1, 0.15) is 23.8 Å². The number of aryl methyl sites for hydroxylation is 1. The zero-order valence-electron chi connectivity index (χ0n) is 9.72. The van der Waals surface area contributed by atoms with Crippen molar-refractivity contribution in [1.82, 2.24) is 10.1 Å². The lowest BCUT2D eigenvalue weighted by Gasteiger charge is -1.99. The van der Waals surface area contributed by atoms with E-state index in [2.05, 4.69) is 32.1 Å². The van der Waals surface area contributed by atoms with E-state index in [1.807, 2.05) is 25.1 Å². The van der Waals surface area contributed by atoms with Gasteiger partial charge < -0.3 is 4.52 Å². The summed E-state index contributed by atoms with van der Waals surface area (Å²) in [7, 11) is 0. The van der Waals surface area contributed by atoms with Crippen molar-refractivity contribution in [2.45, 2.75) is 19.3 Å². The molecule has 1 fully saturated rings. The second-order valence-electron chi connectivity index (χ2n) is 4.50. The Labute approximate surface area is 113 Å². The lowest BCUT2D eigenvalue weighted by atomic mass is 10.1. The summed E-state index contributed by atoms with van der Waals surface area (Å²) in [5.41, 5.74) is 2.07. The van der Waals surface area contributed by atoms with Crippen LogP contribution in [0.3, 0.4) is 0 Å². The van der Waals surface area contributed by atoms with Crippen molar-refractivity contribution in [2.24, 2.45) is 5.92 Å². The molecular weight excluding hydrogens is 294 g/mol. The smallest absolute Gasteiger partial charge is 0.231 e. The second-order valence-corrected chi connectivity index (χ2v) is 5.35. The van der Waals surface area contributed by atoms with E-state index < -0.39 is 0 Å². The average Bonchev–Trinajstić information content (AvgIpc) is 3.01. The van der Waals surface area contributed by atoms with Gasteiger partial charge in [-0.1, -0.05) is 33.2 Å². The van der Waals surface area contributed by atoms with Crippen LogP contribution in [0.2, 0.25) is 0 Å². The van der Waals surface area contributed by atoms with Crippen molar-refractivity contribution in [2.75, 3.05) is 0 Å². The van der Waals surface area contributed by atoms with Gasteiger partial charge in [-0.15, -0.1) is 0 Å². The molecular formula is C13H10BrN3O. The SMILES string of the molecule is Cc1ccc(-c2noc(C3CC3C#N)n2)cc1Br. The highest BCUT2D eigenvalue weighted by atomic mass is 79.9. The van der Waals surface area contributed by atoms with Gasteiger partial charge in [-0.05, 0) is 25.0 Å². The van der Waals surface area contributed by atoms with E-state index in [4.69, 9.17) is 9.78 Å². The third-order valence-electron chi connectivity index (χ3n) is 3.15. The second kappa shape index (κ2) is 4.21. The van der Waals surface area contributed by atoms with Crippen LogP contribution in [0.4, 0.5) is 0 Å². The normalized spacial score (nSPS) is 21.6. The molecule has 90 valence electrons. The Morgan fingerprint density at radius 2 is 2.33 bits per heavy atom. The third-order valence-corrected chi connectivity index (χ3v) is 4.00. The first-order valence-corrected chi connectivity index (χ1v) is 6.48. The molecule has 0 radical (unpaired) electrons. The minimum Gasteiger partial charge on any atom is -0.339 e. The van der Waals surface area contributed by atoms with Crippen LogP contribution in [0.25, 0.3) is 11.4 Å². The number of halogens is 1. The van der Waals surface area contributed by atoms with E-state index in [1.165, 1.54) is 0 Å². The van der Waals surface area contributed by atoms with Crippen molar-refractivity contribution in [1.29, 1.82) is 5.26 Å². The fourth-order valence-electron chi connectivity index (χ4n) is 1.85. The van der Waals surface area contributed by atoms with Crippen molar-refractivity contribution < 1.29 is 4.52 Å². The highest BCUT2D eigenvalue weighted by molar-refractivity contribution is 9.10. The number of hydrogen-bond acceptors (Lipinski definition) is 4. The molecule has 0 N–H and O–H groups in total. The first-order valence-electron chi connectivity index (χ1n) is 5.69. The van der Waals surface area contributed by atoms with E-state index in [0.717, 1.165) is 22.0 Å². The molecule has 1 heterocycles. The van der Waals surface area contributed by atoms with Crippen molar-refractivity contribution in [3.05, 3.63) is 34.1 Å². The lowest BCUT2D eigenvalue weighted by Crippen LogP contribution is -1.85. The Morgan fingerprint density at radius 1 is 1.50 bits per heavy atom. The summed E-state index contributed by atoms with van der Waals surface area (Å²) in [5, 5.41) is 12.8. The molecule has 2 atom stereocenters. The van der Waals surface area contributed by atoms with E-state index in [0.29, 0.717) is 11.7 Å². The van der Waals surface area contributed by atoms with Crippen molar-refractivity contribution >= 4 is 15.9 Å². The van der Waals surface area contributed by atoms with Gasteiger partial charge in [0.1, 0.15) is 0 Å². The molecule has 0 saturated heterocycles. The first kappa shape index (κ1) is 11.4. The summed E-state index contributed by atoms with van der Waals surface area (Å²) in [6.07, 6.45) is 0.829. The van der Waals surface area contributed by atoms with Gasteiger partial charge in [-0.25, -0.2) is 0 Å². The van der Waals surface area contributed by atoms with Crippen LogP contribution in [-0.4, -0.2) is 10.1 Å². The quantitative estimate of drug-likeness (QED) is 0.852. The summed E-state index contributed by atoms with van der Waals surface area (Å²) in [4.78, 5) is 4.36. The fraction of sp³-hybridized carbons (Fsp3) is 0.308. The molecule has 0 bridgehead atoms. The van der Waals surface area contributed by atoms with E-state index >= 15 is 0 Å². The Kier molecular flexibility index (Phi) is 2.67. The number of nitrogens with zero attached hydrogens (tertiary/aromatic N) is 3. The van der Waals surface area contributed by atoms with Gasteiger partial charge in [-0.2, -0.15) is 10.2 Å². The van der Waals surface area contributed by atoms with Gasteiger partial charge in [-0.3, -0.25) is 0 Å². The van der Waals surface area contributed by atoms with Gasteiger partial charge in [0.05, 0.1) is 17.9 Å². The van der Waals surface area contributed by atoms with Gasteiger partial charge in [0.25, 0.3) is 0 Å². The molecule has 1 aromatic carbocycles. The molecule has 18 heavy (non-hydrogen) atoms. The highest BCUT2D eigenvalue weighted by Gasteiger charge is 2.43. The number of aromatic nitrogens is 2. The van der Waals surface area contributed by atoms with Crippen molar-refractivity contribution in [3.8, 4) is 17.5 Å². The highest BCUT2D eigenvalue weighted by Crippen LogP contribution is 2.46. The maximum absolute atomic E-state index is 8.78. The van der Waals surface area contributed by atoms with E-state index in [9.17, 15) is 0 Å². The predicted octanol–water partition coefficient (Wildman–Crippen LogP) is 3.43. The minimum absolute atomic E-state index is 0.0445. The summed E-state index contributed by atoms with van der Waals surface area (Å²) >= 11 is 3.48. The molecule has 0 spiro atoms. The number of benzene rings is 1. The van der Waals surface area contributed by atoms with Crippen LogP contribution in [0.5, 0.6) is 0 Å². The molecule has 2 aromatic rings. The maximum Gasteiger partial charge on any atom is 0.231 e. The Balaban J connectivity index is 1.89. The molecule has 1 saturated carbocycles. The monoisotopic (exact) mass is 303 g/mol. The summed E-state index contributed by atoms with van der Waals surface area (Å²) in [5.74, 6) is 1.33. The zero-order valence-corrected chi connectivity index (χ0v) is 11.3. The average molecular weight is 304 g/mol. The van der Waals surface area contributed by atoms with Gasteiger partial charge in [0, 0.05) is 10.0 Å². The van der Waals surface area contributed by atoms with Crippen LogP contribution >= 0.6 is 15.9 Å². The van der Waals surface area contributed by atoms with Crippen molar-refractivity contribution in [3.63, 3.8) is 0 Å². The van der Waals surface area contributed by atoms with Crippen LogP contribution in [0.15, 0.2) is 27.2 Å². The lowest BCUT2D eigenvalue weighted by molar-refractivity contribution is 0.378. The summed E-state index contributed by atoms with van der Waals surface area (Å²) < 4.78 is 6.24. The topological polar surface area (TPSA) is 62.7 Å². The summed E-state index contributed by atoms with van der Waals surface area (Å²) in [6.45, 7) is 2.03. The van der Waals surface area contributed by atoms with Crippen LogP contribution < -0.4 is 0 Å². The third kappa shape index (κ3) is 1.93. The molecule has 3 rings (SSSR count). The summed E-state index contributed by atoms with van der Waals surface area (Å²) in [6, 6.07) is 8.16. The number of rotatable bonds is 2. The molecule has 1 aliphatic carbocycles.